The van der Waals surface area contributed by atoms with E-state index in [0.29, 0.717) is 28.7 Å². The minimum Gasteiger partial charge on any atom is -0.490 e. The molecule has 3 aromatic carbocycles. The van der Waals surface area contributed by atoms with Crippen LogP contribution in [-0.2, 0) is 6.61 Å². The molecule has 0 aromatic heterocycles. The molecule has 0 heterocycles. The lowest BCUT2D eigenvalue weighted by Crippen LogP contribution is -2.01. The standard InChI is InChI=1S/C24H23ClFNO2/c1-4-28-23-13-19(14-27-22-10-5-7-16(2)17(22)3)12-21(25)24(23)29-15-18-8-6-9-20(26)11-18/h5-14H,4,15H2,1-3H3. The van der Waals surface area contributed by atoms with Gasteiger partial charge in [-0.1, -0.05) is 35.9 Å². The van der Waals surface area contributed by atoms with E-state index in [1.165, 1.54) is 17.7 Å². The monoisotopic (exact) mass is 411 g/mol. The molecule has 0 unspecified atom stereocenters. The Morgan fingerprint density at radius 1 is 1.03 bits per heavy atom. The summed E-state index contributed by atoms with van der Waals surface area (Å²) >= 11 is 6.47. The van der Waals surface area contributed by atoms with Gasteiger partial charge in [-0.25, -0.2) is 4.39 Å². The van der Waals surface area contributed by atoms with Crippen LogP contribution in [0.15, 0.2) is 59.6 Å². The summed E-state index contributed by atoms with van der Waals surface area (Å²) in [5.74, 6) is 0.653. The van der Waals surface area contributed by atoms with Crippen molar-refractivity contribution >= 4 is 23.5 Å². The molecular weight excluding hydrogens is 389 g/mol. The summed E-state index contributed by atoms with van der Waals surface area (Å²) in [6, 6.07) is 15.9. The molecule has 3 aromatic rings. The predicted octanol–water partition coefficient (Wildman–Crippen LogP) is 6.82. The Balaban J connectivity index is 1.85. The average Bonchev–Trinajstić information content (AvgIpc) is 2.69. The number of rotatable bonds is 7. The highest BCUT2D eigenvalue weighted by molar-refractivity contribution is 6.32. The fourth-order valence-corrected chi connectivity index (χ4v) is 3.14. The van der Waals surface area contributed by atoms with Crippen LogP contribution in [0.25, 0.3) is 0 Å². The summed E-state index contributed by atoms with van der Waals surface area (Å²) < 4.78 is 24.9. The normalized spacial score (nSPS) is 11.1. The minimum atomic E-state index is -0.305. The van der Waals surface area contributed by atoms with E-state index < -0.39 is 0 Å². The van der Waals surface area contributed by atoms with Gasteiger partial charge in [-0.05, 0) is 73.4 Å². The van der Waals surface area contributed by atoms with E-state index in [0.717, 1.165) is 16.8 Å². The van der Waals surface area contributed by atoms with Crippen LogP contribution in [0.1, 0.15) is 29.2 Å². The molecule has 0 N–H and O–H groups in total. The number of hydrogen-bond donors (Lipinski definition) is 0. The number of benzene rings is 3. The molecule has 0 aliphatic heterocycles. The molecule has 3 rings (SSSR count). The van der Waals surface area contributed by atoms with Crippen molar-refractivity contribution in [3.05, 3.63) is 87.7 Å². The summed E-state index contributed by atoms with van der Waals surface area (Å²) in [7, 11) is 0. The summed E-state index contributed by atoms with van der Waals surface area (Å²) in [5.41, 5.74) is 4.75. The van der Waals surface area contributed by atoms with E-state index in [1.54, 1.807) is 24.4 Å². The summed E-state index contributed by atoms with van der Waals surface area (Å²) in [6.07, 6.45) is 1.76. The molecule has 29 heavy (non-hydrogen) atoms. The quantitative estimate of drug-likeness (QED) is 0.399. The molecule has 0 saturated carbocycles. The molecule has 150 valence electrons. The SMILES string of the molecule is CCOc1cc(C=Nc2cccc(C)c2C)cc(Cl)c1OCc1cccc(F)c1. The van der Waals surface area contributed by atoms with Crippen molar-refractivity contribution in [2.45, 2.75) is 27.4 Å². The Bertz CT molecular complexity index is 1030. The Labute approximate surface area is 175 Å². The Kier molecular flexibility index (Phi) is 6.89. The Hall–Kier alpha value is -2.85. The second-order valence-electron chi connectivity index (χ2n) is 6.66. The van der Waals surface area contributed by atoms with E-state index in [4.69, 9.17) is 21.1 Å². The lowest BCUT2D eigenvalue weighted by molar-refractivity contribution is 0.269. The number of aryl methyl sites for hydroxylation is 1. The number of halogens is 2. The van der Waals surface area contributed by atoms with Crippen LogP contribution in [-0.4, -0.2) is 12.8 Å². The first kappa shape index (κ1) is 20.9. The van der Waals surface area contributed by atoms with Crippen LogP contribution in [0, 0.1) is 19.7 Å². The van der Waals surface area contributed by atoms with Crippen molar-refractivity contribution in [1.82, 2.24) is 0 Å². The van der Waals surface area contributed by atoms with Crippen LogP contribution >= 0.6 is 11.6 Å². The summed E-state index contributed by atoms with van der Waals surface area (Å²) in [5, 5.41) is 0.412. The molecule has 0 fully saturated rings. The van der Waals surface area contributed by atoms with Gasteiger partial charge in [0.15, 0.2) is 11.5 Å². The summed E-state index contributed by atoms with van der Waals surface area (Å²) in [4.78, 5) is 4.59. The van der Waals surface area contributed by atoms with E-state index >= 15 is 0 Å². The first-order valence-electron chi connectivity index (χ1n) is 9.41. The first-order chi connectivity index (χ1) is 14.0. The van der Waals surface area contributed by atoms with E-state index in [2.05, 4.69) is 18.0 Å². The van der Waals surface area contributed by atoms with Crippen molar-refractivity contribution in [2.24, 2.45) is 4.99 Å². The second kappa shape index (κ2) is 9.57. The fourth-order valence-electron chi connectivity index (χ4n) is 2.87. The molecule has 0 aliphatic rings. The number of ether oxygens (including phenoxy) is 2. The van der Waals surface area contributed by atoms with Crippen LogP contribution in [0.5, 0.6) is 11.5 Å². The molecule has 0 radical (unpaired) electrons. The van der Waals surface area contributed by atoms with Gasteiger partial charge in [-0.15, -0.1) is 0 Å². The minimum absolute atomic E-state index is 0.188. The lowest BCUT2D eigenvalue weighted by Gasteiger charge is -2.14. The second-order valence-corrected chi connectivity index (χ2v) is 7.07. The number of nitrogens with zero attached hydrogens (tertiary/aromatic N) is 1. The molecule has 0 saturated heterocycles. The zero-order valence-electron chi connectivity index (χ0n) is 16.7. The highest BCUT2D eigenvalue weighted by Gasteiger charge is 2.13. The van der Waals surface area contributed by atoms with Gasteiger partial charge < -0.3 is 9.47 Å². The van der Waals surface area contributed by atoms with Gasteiger partial charge in [-0.3, -0.25) is 4.99 Å². The van der Waals surface area contributed by atoms with Gasteiger partial charge in [0.1, 0.15) is 12.4 Å². The van der Waals surface area contributed by atoms with E-state index in [9.17, 15) is 4.39 Å². The molecule has 3 nitrogen and oxygen atoms in total. The average molecular weight is 412 g/mol. The van der Waals surface area contributed by atoms with Gasteiger partial charge >= 0.3 is 0 Å². The molecule has 0 bridgehead atoms. The Morgan fingerprint density at radius 3 is 2.59 bits per heavy atom. The van der Waals surface area contributed by atoms with Crippen LogP contribution < -0.4 is 9.47 Å². The van der Waals surface area contributed by atoms with E-state index in [-0.39, 0.29) is 12.4 Å². The third-order valence-corrected chi connectivity index (χ3v) is 4.81. The fraction of sp³-hybridized carbons (Fsp3) is 0.208. The maximum absolute atomic E-state index is 13.4. The van der Waals surface area contributed by atoms with Gasteiger partial charge in [-0.2, -0.15) is 0 Å². The molecule has 0 amide bonds. The van der Waals surface area contributed by atoms with Crippen molar-refractivity contribution in [3.63, 3.8) is 0 Å². The highest BCUT2D eigenvalue weighted by Crippen LogP contribution is 2.37. The van der Waals surface area contributed by atoms with Crippen LogP contribution in [0.4, 0.5) is 10.1 Å². The largest absolute Gasteiger partial charge is 0.490 e. The third kappa shape index (κ3) is 5.36. The van der Waals surface area contributed by atoms with Crippen molar-refractivity contribution in [2.75, 3.05) is 6.61 Å². The van der Waals surface area contributed by atoms with Crippen molar-refractivity contribution in [1.29, 1.82) is 0 Å². The maximum Gasteiger partial charge on any atom is 0.180 e. The van der Waals surface area contributed by atoms with Gasteiger partial charge in [0.2, 0.25) is 0 Å². The molecule has 5 heteroatoms. The highest BCUT2D eigenvalue weighted by atomic mass is 35.5. The maximum atomic E-state index is 13.4. The van der Waals surface area contributed by atoms with Gasteiger partial charge in [0.25, 0.3) is 0 Å². The van der Waals surface area contributed by atoms with Crippen molar-refractivity contribution in [3.8, 4) is 11.5 Å². The van der Waals surface area contributed by atoms with Crippen molar-refractivity contribution < 1.29 is 13.9 Å². The lowest BCUT2D eigenvalue weighted by atomic mass is 10.1. The first-order valence-corrected chi connectivity index (χ1v) is 9.79. The molecule has 0 aliphatic carbocycles. The zero-order valence-corrected chi connectivity index (χ0v) is 17.5. The van der Waals surface area contributed by atoms with Crippen LogP contribution in [0.2, 0.25) is 5.02 Å². The van der Waals surface area contributed by atoms with Gasteiger partial charge in [0.05, 0.1) is 17.3 Å². The topological polar surface area (TPSA) is 30.8 Å². The van der Waals surface area contributed by atoms with Crippen LogP contribution in [0.3, 0.4) is 0 Å². The molecule has 0 spiro atoms. The smallest absolute Gasteiger partial charge is 0.180 e. The Morgan fingerprint density at radius 2 is 1.83 bits per heavy atom. The molecule has 0 atom stereocenters. The predicted molar refractivity (Wildman–Crippen MR) is 117 cm³/mol. The van der Waals surface area contributed by atoms with Gasteiger partial charge in [0, 0.05) is 6.21 Å². The number of hydrogen-bond acceptors (Lipinski definition) is 3. The third-order valence-electron chi connectivity index (χ3n) is 4.53. The molecular formula is C24H23ClFNO2. The summed E-state index contributed by atoms with van der Waals surface area (Å²) in [6.45, 7) is 6.64. The van der Waals surface area contributed by atoms with E-state index in [1.807, 2.05) is 32.0 Å². The number of aliphatic imine (C=N–C) groups is 1. The zero-order chi connectivity index (χ0) is 20.8.